The number of aromatic amines is 1. The third kappa shape index (κ3) is 3.86. The van der Waals surface area contributed by atoms with E-state index >= 15 is 0 Å². The monoisotopic (exact) mass is 399 g/mol. The standard InChI is InChI=1S/C23H21N5O2/c1-14-9-11-16(12-10-14)26-23(30)25-13-15-5-2-3-6-17(15)21-20-18(22(24)29)7-4-8-19(20)27-28-21/h2-12H,13H2,1H3,(H2,24,29)(H,27,28)(H2,25,26,30). The number of fused-ring (bicyclic) bond motifs is 1. The smallest absolute Gasteiger partial charge is 0.319 e. The molecule has 4 rings (SSSR count). The summed E-state index contributed by atoms with van der Waals surface area (Å²) in [5, 5.41) is 13.7. The first kappa shape index (κ1) is 19.2. The number of aromatic nitrogens is 2. The number of urea groups is 1. The van der Waals surface area contributed by atoms with Crippen LogP contribution in [0.2, 0.25) is 0 Å². The van der Waals surface area contributed by atoms with Crippen molar-refractivity contribution in [1.82, 2.24) is 15.5 Å². The third-order valence-corrected chi connectivity index (χ3v) is 4.88. The number of H-pyrrole nitrogens is 1. The van der Waals surface area contributed by atoms with Gasteiger partial charge in [-0.15, -0.1) is 0 Å². The van der Waals surface area contributed by atoms with Crippen molar-refractivity contribution in [3.05, 3.63) is 83.4 Å². The van der Waals surface area contributed by atoms with Gasteiger partial charge in [-0.1, -0.05) is 48.0 Å². The average molecular weight is 399 g/mol. The molecule has 30 heavy (non-hydrogen) atoms. The van der Waals surface area contributed by atoms with Gasteiger partial charge in [-0.3, -0.25) is 9.89 Å². The van der Waals surface area contributed by atoms with Gasteiger partial charge in [-0.25, -0.2) is 4.79 Å². The van der Waals surface area contributed by atoms with Gasteiger partial charge < -0.3 is 16.4 Å². The molecule has 0 aliphatic heterocycles. The molecule has 0 aliphatic carbocycles. The van der Waals surface area contributed by atoms with Crippen molar-refractivity contribution in [2.45, 2.75) is 13.5 Å². The van der Waals surface area contributed by atoms with Gasteiger partial charge in [0.25, 0.3) is 0 Å². The molecule has 0 atom stereocenters. The highest BCUT2D eigenvalue weighted by Crippen LogP contribution is 2.31. The van der Waals surface area contributed by atoms with Crippen LogP contribution in [0.15, 0.2) is 66.7 Å². The largest absolute Gasteiger partial charge is 0.366 e. The van der Waals surface area contributed by atoms with Crippen LogP contribution in [-0.4, -0.2) is 22.1 Å². The Kier molecular flexibility index (Phi) is 5.17. The molecule has 0 spiro atoms. The number of benzene rings is 3. The van der Waals surface area contributed by atoms with E-state index in [-0.39, 0.29) is 6.03 Å². The zero-order valence-electron chi connectivity index (χ0n) is 16.4. The molecular formula is C23H21N5O2. The first-order valence-corrected chi connectivity index (χ1v) is 9.49. The lowest BCUT2D eigenvalue weighted by Crippen LogP contribution is -2.28. The molecule has 150 valence electrons. The summed E-state index contributed by atoms with van der Waals surface area (Å²) >= 11 is 0. The lowest BCUT2D eigenvalue weighted by molar-refractivity contribution is 0.100. The predicted octanol–water partition coefficient (Wildman–Crippen LogP) is 3.96. The number of nitrogens with two attached hydrogens (primary N) is 1. The molecule has 0 aliphatic rings. The number of hydrogen-bond donors (Lipinski definition) is 4. The second kappa shape index (κ2) is 8.08. The number of amides is 3. The second-order valence-corrected chi connectivity index (χ2v) is 7.00. The first-order chi connectivity index (χ1) is 14.5. The Balaban J connectivity index is 1.59. The quantitative estimate of drug-likeness (QED) is 0.407. The zero-order chi connectivity index (χ0) is 21.1. The summed E-state index contributed by atoms with van der Waals surface area (Å²) in [6.45, 7) is 2.28. The number of nitrogens with zero attached hydrogens (tertiary/aromatic N) is 1. The highest BCUT2D eigenvalue weighted by molar-refractivity contribution is 6.10. The summed E-state index contributed by atoms with van der Waals surface area (Å²) in [6, 6.07) is 20.1. The second-order valence-electron chi connectivity index (χ2n) is 7.00. The van der Waals surface area contributed by atoms with Gasteiger partial charge >= 0.3 is 6.03 Å². The molecule has 0 radical (unpaired) electrons. The van der Waals surface area contributed by atoms with Gasteiger partial charge in [-0.05, 0) is 36.8 Å². The summed E-state index contributed by atoms with van der Waals surface area (Å²) in [7, 11) is 0. The molecular weight excluding hydrogens is 378 g/mol. The number of anilines is 1. The minimum Gasteiger partial charge on any atom is -0.366 e. The fourth-order valence-electron chi connectivity index (χ4n) is 3.37. The molecule has 0 fully saturated rings. The third-order valence-electron chi connectivity index (χ3n) is 4.88. The Morgan fingerprint density at radius 1 is 1.00 bits per heavy atom. The van der Waals surface area contributed by atoms with Crippen LogP contribution < -0.4 is 16.4 Å². The topological polar surface area (TPSA) is 113 Å². The Bertz CT molecular complexity index is 1230. The van der Waals surface area contributed by atoms with Crippen molar-refractivity contribution in [2.75, 3.05) is 5.32 Å². The van der Waals surface area contributed by atoms with Gasteiger partial charge in [0.2, 0.25) is 5.91 Å². The number of hydrogen-bond acceptors (Lipinski definition) is 3. The van der Waals surface area contributed by atoms with E-state index in [0.717, 1.165) is 27.9 Å². The fourth-order valence-corrected chi connectivity index (χ4v) is 3.37. The predicted molar refractivity (Wildman–Crippen MR) is 117 cm³/mol. The van der Waals surface area contributed by atoms with Crippen molar-refractivity contribution in [1.29, 1.82) is 0 Å². The van der Waals surface area contributed by atoms with Crippen LogP contribution in [0, 0.1) is 6.92 Å². The summed E-state index contributed by atoms with van der Waals surface area (Å²) in [6.07, 6.45) is 0. The molecule has 1 heterocycles. The Labute approximate surface area is 173 Å². The van der Waals surface area contributed by atoms with Gasteiger partial charge in [0.1, 0.15) is 5.69 Å². The van der Waals surface area contributed by atoms with Crippen LogP contribution in [0.5, 0.6) is 0 Å². The van der Waals surface area contributed by atoms with Crippen LogP contribution in [-0.2, 0) is 6.54 Å². The van der Waals surface area contributed by atoms with E-state index in [0.29, 0.717) is 23.2 Å². The molecule has 4 aromatic rings. The van der Waals surface area contributed by atoms with E-state index in [1.165, 1.54) is 0 Å². The maximum Gasteiger partial charge on any atom is 0.319 e. The molecule has 7 nitrogen and oxygen atoms in total. The molecule has 5 N–H and O–H groups in total. The van der Waals surface area contributed by atoms with Crippen LogP contribution in [0.4, 0.5) is 10.5 Å². The van der Waals surface area contributed by atoms with Crippen molar-refractivity contribution in [3.63, 3.8) is 0 Å². The first-order valence-electron chi connectivity index (χ1n) is 9.49. The van der Waals surface area contributed by atoms with Crippen LogP contribution in [0.1, 0.15) is 21.5 Å². The van der Waals surface area contributed by atoms with E-state index in [2.05, 4.69) is 20.8 Å². The average Bonchev–Trinajstić information content (AvgIpc) is 3.18. The van der Waals surface area contributed by atoms with Crippen molar-refractivity contribution < 1.29 is 9.59 Å². The maximum absolute atomic E-state index is 12.3. The van der Waals surface area contributed by atoms with E-state index in [9.17, 15) is 9.59 Å². The summed E-state index contributed by atoms with van der Waals surface area (Å²) in [4.78, 5) is 24.2. The van der Waals surface area contributed by atoms with Gasteiger partial charge in [0, 0.05) is 23.2 Å². The number of aryl methyl sites for hydroxylation is 1. The zero-order valence-corrected chi connectivity index (χ0v) is 16.4. The highest BCUT2D eigenvalue weighted by Gasteiger charge is 2.17. The number of primary amides is 1. The molecule has 0 bridgehead atoms. The van der Waals surface area contributed by atoms with Crippen LogP contribution in [0.25, 0.3) is 22.2 Å². The number of nitrogens with one attached hydrogen (secondary N) is 3. The molecule has 7 heteroatoms. The normalized spacial score (nSPS) is 10.7. The lowest BCUT2D eigenvalue weighted by atomic mass is 9.99. The van der Waals surface area contributed by atoms with Crippen molar-refractivity contribution in [3.8, 4) is 11.3 Å². The summed E-state index contributed by atoms with van der Waals surface area (Å²) < 4.78 is 0. The Morgan fingerprint density at radius 3 is 2.53 bits per heavy atom. The highest BCUT2D eigenvalue weighted by atomic mass is 16.2. The fraction of sp³-hybridized carbons (Fsp3) is 0.0870. The van der Waals surface area contributed by atoms with E-state index in [1.807, 2.05) is 61.5 Å². The number of carbonyl (C=O) groups is 2. The number of rotatable bonds is 5. The van der Waals surface area contributed by atoms with Gasteiger partial charge in [0.05, 0.1) is 11.1 Å². The van der Waals surface area contributed by atoms with Gasteiger partial charge in [-0.2, -0.15) is 5.10 Å². The van der Waals surface area contributed by atoms with Crippen LogP contribution >= 0.6 is 0 Å². The molecule has 0 unspecified atom stereocenters. The maximum atomic E-state index is 12.3. The van der Waals surface area contributed by atoms with Gasteiger partial charge in [0.15, 0.2) is 0 Å². The Morgan fingerprint density at radius 2 is 1.77 bits per heavy atom. The SMILES string of the molecule is Cc1ccc(NC(=O)NCc2ccccc2-c2n[nH]c3cccc(C(N)=O)c23)cc1. The minimum absolute atomic E-state index is 0.293. The molecule has 3 amide bonds. The summed E-state index contributed by atoms with van der Waals surface area (Å²) in [5.41, 5.74) is 10.8. The molecule has 0 saturated carbocycles. The Hall–Kier alpha value is -4.13. The lowest BCUT2D eigenvalue weighted by Gasteiger charge is -2.11. The van der Waals surface area contributed by atoms with Crippen molar-refractivity contribution >= 4 is 28.5 Å². The molecule has 1 aromatic heterocycles. The minimum atomic E-state index is -0.517. The number of carbonyl (C=O) groups excluding carboxylic acids is 2. The van der Waals surface area contributed by atoms with Crippen molar-refractivity contribution in [2.24, 2.45) is 5.73 Å². The molecule has 0 saturated heterocycles. The van der Waals surface area contributed by atoms with E-state index in [1.54, 1.807) is 12.1 Å². The van der Waals surface area contributed by atoms with E-state index in [4.69, 9.17) is 5.73 Å². The summed E-state index contributed by atoms with van der Waals surface area (Å²) in [5.74, 6) is -0.517. The molecule has 3 aromatic carbocycles. The van der Waals surface area contributed by atoms with Crippen LogP contribution in [0.3, 0.4) is 0 Å². The van der Waals surface area contributed by atoms with E-state index < -0.39 is 5.91 Å².